The molecule has 1 aliphatic heterocycles. The molecule has 0 radical (unpaired) electrons. The van der Waals surface area contributed by atoms with Gasteiger partial charge in [0.1, 0.15) is 11.5 Å². The molecule has 7 nitrogen and oxygen atoms in total. The number of amides is 1. The molecule has 1 aliphatic carbocycles. The fourth-order valence-electron chi connectivity index (χ4n) is 4.85. The van der Waals surface area contributed by atoms with Gasteiger partial charge in [0.2, 0.25) is 0 Å². The van der Waals surface area contributed by atoms with E-state index in [2.05, 4.69) is 37.3 Å². The van der Waals surface area contributed by atoms with Gasteiger partial charge in [-0.05, 0) is 17.4 Å². The Morgan fingerprint density at radius 1 is 1.28 bits per heavy atom. The maximum Gasteiger partial charge on any atom is 0.270 e. The van der Waals surface area contributed by atoms with Crippen LogP contribution >= 0.6 is 11.3 Å². The number of aliphatic hydroxyl groups is 1. The molecule has 1 saturated carbocycles. The van der Waals surface area contributed by atoms with E-state index >= 15 is 0 Å². The zero-order valence-electron chi connectivity index (χ0n) is 15.7. The third-order valence-corrected chi connectivity index (χ3v) is 6.81. The van der Waals surface area contributed by atoms with E-state index in [0.29, 0.717) is 25.3 Å². The van der Waals surface area contributed by atoms with Gasteiger partial charge in [0.05, 0.1) is 17.8 Å². The minimum Gasteiger partial charge on any atom is -0.391 e. The van der Waals surface area contributed by atoms with Gasteiger partial charge in [-0.25, -0.2) is 9.97 Å². The van der Waals surface area contributed by atoms with Crippen LogP contribution < -0.4 is 10.2 Å². The van der Waals surface area contributed by atoms with Gasteiger partial charge in [0, 0.05) is 42.8 Å². The molecule has 4 atom stereocenters. The van der Waals surface area contributed by atoms with Crippen molar-refractivity contribution >= 4 is 23.1 Å². The summed E-state index contributed by atoms with van der Waals surface area (Å²) in [5, 5.41) is 15.9. The molecule has 8 heteroatoms. The Kier molecular flexibility index (Phi) is 4.52. The minimum absolute atomic E-state index is 0.143. The number of nitrogens with one attached hydrogen (secondary N) is 1. The Morgan fingerprint density at radius 3 is 2.86 bits per heavy atom. The predicted molar refractivity (Wildman–Crippen MR) is 110 cm³/mol. The third-order valence-electron chi connectivity index (χ3n) is 6.22. The van der Waals surface area contributed by atoms with Crippen LogP contribution in [0.4, 0.5) is 5.82 Å². The van der Waals surface area contributed by atoms with E-state index in [0.717, 1.165) is 5.82 Å². The SMILES string of the molecule is O=C(NC[C@@H]1[C@@H](c2ccccc2)[C@]12CN(c1cnccn1)C[C@H]2O)c1cscn1. The molecule has 1 saturated heterocycles. The van der Waals surface area contributed by atoms with Crippen LogP contribution in [0.5, 0.6) is 0 Å². The van der Waals surface area contributed by atoms with Crippen molar-refractivity contribution in [2.45, 2.75) is 12.0 Å². The number of benzene rings is 1. The maximum absolute atomic E-state index is 12.4. The van der Waals surface area contributed by atoms with E-state index in [1.807, 2.05) is 18.2 Å². The normalized spacial score (nSPS) is 27.9. The summed E-state index contributed by atoms with van der Waals surface area (Å²) in [6.07, 6.45) is 4.53. The number of anilines is 1. The van der Waals surface area contributed by atoms with Crippen molar-refractivity contribution < 1.29 is 9.90 Å². The lowest BCUT2D eigenvalue weighted by Gasteiger charge is -2.17. The molecule has 2 N–H and O–H groups in total. The fraction of sp³-hybridized carbons (Fsp3) is 0.333. The van der Waals surface area contributed by atoms with E-state index in [1.54, 1.807) is 29.5 Å². The van der Waals surface area contributed by atoms with Crippen LogP contribution in [0.15, 0.2) is 59.8 Å². The van der Waals surface area contributed by atoms with Crippen LogP contribution in [0, 0.1) is 11.3 Å². The first kappa shape index (κ1) is 18.2. The van der Waals surface area contributed by atoms with Crippen LogP contribution in [0.3, 0.4) is 0 Å². The first-order valence-corrected chi connectivity index (χ1v) is 10.5. The van der Waals surface area contributed by atoms with Gasteiger partial charge in [-0.1, -0.05) is 30.3 Å². The molecule has 5 rings (SSSR count). The van der Waals surface area contributed by atoms with Gasteiger partial charge in [-0.3, -0.25) is 9.78 Å². The molecule has 0 unspecified atom stereocenters. The largest absolute Gasteiger partial charge is 0.391 e. The summed E-state index contributed by atoms with van der Waals surface area (Å²) >= 11 is 1.40. The molecule has 2 fully saturated rings. The standard InChI is InChI=1S/C21H21N5O2S/c27-17-10-26(18-9-22-6-7-23-18)12-21(17)15(19(21)14-4-2-1-3-5-14)8-24-20(28)16-11-29-13-25-16/h1-7,9,11,13,15,17,19,27H,8,10,12H2,(H,24,28)/t15-,17-,19-,21-/m1/s1. The average Bonchev–Trinajstić information content (AvgIpc) is 3.07. The number of hydrogen-bond acceptors (Lipinski definition) is 7. The lowest BCUT2D eigenvalue weighted by Crippen LogP contribution is -2.30. The van der Waals surface area contributed by atoms with Crippen molar-refractivity contribution in [3.63, 3.8) is 0 Å². The summed E-state index contributed by atoms with van der Waals surface area (Å²) in [4.78, 5) is 27.1. The van der Waals surface area contributed by atoms with Gasteiger partial charge in [0.15, 0.2) is 0 Å². The second-order valence-corrected chi connectivity index (χ2v) is 8.37. The summed E-state index contributed by atoms with van der Waals surface area (Å²) < 4.78 is 0. The second-order valence-electron chi connectivity index (χ2n) is 7.65. The Labute approximate surface area is 172 Å². The Morgan fingerprint density at radius 2 is 2.14 bits per heavy atom. The third kappa shape index (κ3) is 3.08. The molecule has 148 valence electrons. The number of aromatic nitrogens is 3. The Bertz CT molecular complexity index is 985. The number of carbonyl (C=O) groups excluding carboxylic acids is 1. The number of carbonyl (C=O) groups is 1. The summed E-state index contributed by atoms with van der Waals surface area (Å²) in [6.45, 7) is 1.70. The monoisotopic (exact) mass is 407 g/mol. The van der Waals surface area contributed by atoms with Crippen LogP contribution in [0.25, 0.3) is 0 Å². The van der Waals surface area contributed by atoms with Gasteiger partial charge >= 0.3 is 0 Å². The van der Waals surface area contributed by atoms with Crippen LogP contribution in [0.2, 0.25) is 0 Å². The second kappa shape index (κ2) is 7.20. The number of nitrogens with zero attached hydrogens (tertiary/aromatic N) is 4. The van der Waals surface area contributed by atoms with Crippen molar-refractivity contribution in [2.24, 2.45) is 11.3 Å². The summed E-state index contributed by atoms with van der Waals surface area (Å²) in [6, 6.07) is 10.2. The highest BCUT2D eigenvalue weighted by Gasteiger charge is 2.71. The molecule has 2 aliphatic rings. The van der Waals surface area contributed by atoms with Gasteiger partial charge in [-0.15, -0.1) is 11.3 Å². The number of aliphatic hydroxyl groups excluding tert-OH is 1. The zero-order chi connectivity index (χ0) is 19.8. The molecular weight excluding hydrogens is 386 g/mol. The smallest absolute Gasteiger partial charge is 0.270 e. The van der Waals surface area contributed by atoms with Crippen molar-refractivity contribution in [2.75, 3.05) is 24.5 Å². The molecule has 1 spiro atoms. The summed E-state index contributed by atoms with van der Waals surface area (Å²) in [7, 11) is 0. The molecular formula is C21H21N5O2S. The number of hydrogen-bond donors (Lipinski definition) is 2. The summed E-state index contributed by atoms with van der Waals surface area (Å²) in [5.41, 5.74) is 2.98. The average molecular weight is 407 g/mol. The van der Waals surface area contributed by atoms with E-state index in [4.69, 9.17) is 0 Å². The van der Waals surface area contributed by atoms with E-state index in [1.165, 1.54) is 16.9 Å². The van der Waals surface area contributed by atoms with Crippen LogP contribution in [-0.2, 0) is 0 Å². The highest BCUT2D eigenvalue weighted by atomic mass is 32.1. The van der Waals surface area contributed by atoms with E-state index in [9.17, 15) is 9.90 Å². The highest BCUT2D eigenvalue weighted by Crippen LogP contribution is 2.68. The maximum atomic E-state index is 12.4. The van der Waals surface area contributed by atoms with Gasteiger partial charge in [0.25, 0.3) is 5.91 Å². The minimum atomic E-state index is -0.504. The Balaban J connectivity index is 1.39. The number of thiazole rings is 1. The number of rotatable bonds is 5. The lowest BCUT2D eigenvalue weighted by atomic mass is 9.95. The van der Waals surface area contributed by atoms with Crippen molar-refractivity contribution in [3.05, 3.63) is 71.1 Å². The molecule has 0 bridgehead atoms. The zero-order valence-corrected chi connectivity index (χ0v) is 16.5. The number of β-amino-alcohol motifs (C(OH)–C–C–N with tert-alkyl or cyclic N) is 1. The van der Waals surface area contributed by atoms with Crippen molar-refractivity contribution in [1.29, 1.82) is 0 Å². The van der Waals surface area contributed by atoms with Crippen LogP contribution in [0.1, 0.15) is 22.0 Å². The predicted octanol–water partition coefficient (Wildman–Crippen LogP) is 1.94. The molecule has 2 aromatic heterocycles. The van der Waals surface area contributed by atoms with Gasteiger partial charge < -0.3 is 15.3 Å². The lowest BCUT2D eigenvalue weighted by molar-refractivity contribution is 0.0935. The fourth-order valence-corrected chi connectivity index (χ4v) is 5.38. The van der Waals surface area contributed by atoms with Gasteiger partial charge in [-0.2, -0.15) is 0 Å². The van der Waals surface area contributed by atoms with Crippen LogP contribution in [-0.4, -0.2) is 51.7 Å². The molecule has 3 aromatic rings. The van der Waals surface area contributed by atoms with E-state index in [-0.39, 0.29) is 23.2 Å². The van der Waals surface area contributed by atoms with E-state index < -0.39 is 6.10 Å². The van der Waals surface area contributed by atoms with Crippen molar-refractivity contribution in [3.8, 4) is 0 Å². The first-order valence-electron chi connectivity index (χ1n) is 9.60. The molecule has 3 heterocycles. The topological polar surface area (TPSA) is 91.2 Å². The highest BCUT2D eigenvalue weighted by molar-refractivity contribution is 7.07. The quantitative estimate of drug-likeness (QED) is 0.672. The first-order chi connectivity index (χ1) is 14.2. The molecule has 1 amide bonds. The summed E-state index contributed by atoms with van der Waals surface area (Å²) in [5.74, 6) is 0.922. The molecule has 29 heavy (non-hydrogen) atoms. The Hall–Kier alpha value is -2.84. The van der Waals surface area contributed by atoms with Crippen molar-refractivity contribution in [1.82, 2.24) is 20.3 Å². The molecule has 1 aromatic carbocycles.